The Labute approximate surface area is 136 Å². The van der Waals surface area contributed by atoms with Gasteiger partial charge in [0.1, 0.15) is 12.2 Å². The lowest BCUT2D eigenvalue weighted by Crippen LogP contribution is -2.43. The summed E-state index contributed by atoms with van der Waals surface area (Å²) in [6.45, 7) is 5.87. The van der Waals surface area contributed by atoms with E-state index in [1.165, 1.54) is 7.11 Å². The second-order valence-electron chi connectivity index (χ2n) is 5.67. The van der Waals surface area contributed by atoms with Gasteiger partial charge in [0.15, 0.2) is 0 Å². The number of hydrogen-bond acceptors (Lipinski definition) is 4. The average molecular weight is 317 g/mol. The Morgan fingerprint density at radius 3 is 2.83 bits per heavy atom. The van der Waals surface area contributed by atoms with Gasteiger partial charge in [-0.25, -0.2) is 4.98 Å². The van der Waals surface area contributed by atoms with Crippen LogP contribution in [0.15, 0.2) is 24.5 Å². The van der Waals surface area contributed by atoms with Crippen LogP contribution in [0.1, 0.15) is 31.5 Å². The molecule has 0 aliphatic heterocycles. The van der Waals surface area contributed by atoms with Crippen molar-refractivity contribution in [2.24, 2.45) is 0 Å². The van der Waals surface area contributed by atoms with E-state index in [1.54, 1.807) is 11.1 Å². The second-order valence-corrected chi connectivity index (χ2v) is 5.67. The molecule has 6 nitrogen and oxygen atoms in total. The first-order valence-corrected chi connectivity index (χ1v) is 7.75. The highest BCUT2D eigenvalue weighted by Gasteiger charge is 2.23. The smallest absolute Gasteiger partial charge is 0.325 e. The molecule has 0 saturated carbocycles. The molecule has 1 unspecified atom stereocenters. The molecule has 0 aromatic carbocycles. The number of carbonyl (C=O) groups excluding carboxylic acids is 2. The number of ether oxygens (including phenoxy) is 1. The van der Waals surface area contributed by atoms with Gasteiger partial charge in [0, 0.05) is 18.4 Å². The third-order valence-electron chi connectivity index (χ3n) is 4.11. The zero-order chi connectivity index (χ0) is 17.0. The monoisotopic (exact) mass is 317 g/mol. The number of amides is 1. The minimum absolute atomic E-state index is 0.0254. The summed E-state index contributed by atoms with van der Waals surface area (Å²) in [5, 5.41) is 0. The highest BCUT2D eigenvalue weighted by Crippen LogP contribution is 2.14. The molecule has 0 spiro atoms. The summed E-state index contributed by atoms with van der Waals surface area (Å²) >= 11 is 0. The highest BCUT2D eigenvalue weighted by atomic mass is 16.5. The molecule has 2 rings (SSSR count). The van der Waals surface area contributed by atoms with Crippen molar-refractivity contribution in [3.05, 3.63) is 35.8 Å². The topological polar surface area (TPSA) is 63.9 Å². The number of nitrogens with zero attached hydrogens (tertiary/aromatic N) is 3. The molecule has 2 aromatic heterocycles. The number of imidazole rings is 1. The molecule has 0 aliphatic rings. The molecular formula is C17H23N3O3. The number of aromatic nitrogens is 2. The predicted octanol–water partition coefficient (Wildman–Crippen LogP) is 1.99. The molecule has 0 aliphatic carbocycles. The Morgan fingerprint density at radius 2 is 2.17 bits per heavy atom. The number of carbonyl (C=O) groups is 2. The van der Waals surface area contributed by atoms with Crippen molar-refractivity contribution in [3.63, 3.8) is 0 Å². The largest absolute Gasteiger partial charge is 0.468 e. The van der Waals surface area contributed by atoms with Gasteiger partial charge in [0.05, 0.1) is 19.2 Å². The number of fused-ring (bicyclic) bond motifs is 1. The SMILES string of the molecule is CCC(C)N(CC(=O)OC)C(=O)Cc1cnc2c(C)cccn12. The fourth-order valence-corrected chi connectivity index (χ4v) is 2.50. The van der Waals surface area contributed by atoms with Gasteiger partial charge in [-0.1, -0.05) is 13.0 Å². The van der Waals surface area contributed by atoms with Gasteiger partial charge in [0.2, 0.25) is 5.91 Å². The van der Waals surface area contributed by atoms with E-state index in [2.05, 4.69) is 4.98 Å². The Bertz CT molecular complexity index is 708. The van der Waals surface area contributed by atoms with E-state index in [1.807, 2.05) is 43.5 Å². The van der Waals surface area contributed by atoms with Crippen molar-refractivity contribution in [2.75, 3.05) is 13.7 Å². The third-order valence-corrected chi connectivity index (χ3v) is 4.11. The van der Waals surface area contributed by atoms with Crippen molar-refractivity contribution in [1.82, 2.24) is 14.3 Å². The Balaban J connectivity index is 2.23. The molecule has 0 saturated heterocycles. The van der Waals surface area contributed by atoms with Crippen LogP contribution in [-0.2, 0) is 20.7 Å². The summed E-state index contributed by atoms with van der Waals surface area (Å²) in [5.74, 6) is -0.513. The normalized spacial score (nSPS) is 12.2. The van der Waals surface area contributed by atoms with Gasteiger partial charge in [-0.15, -0.1) is 0 Å². The predicted molar refractivity (Wildman–Crippen MR) is 87.1 cm³/mol. The second kappa shape index (κ2) is 7.26. The van der Waals surface area contributed by atoms with Crippen LogP contribution in [0.25, 0.3) is 5.65 Å². The molecule has 1 amide bonds. The van der Waals surface area contributed by atoms with Crippen LogP contribution in [0.2, 0.25) is 0 Å². The molecule has 2 heterocycles. The minimum atomic E-state index is -0.410. The van der Waals surface area contributed by atoms with Gasteiger partial charge in [-0.2, -0.15) is 0 Å². The van der Waals surface area contributed by atoms with E-state index >= 15 is 0 Å². The summed E-state index contributed by atoms with van der Waals surface area (Å²) in [4.78, 5) is 30.2. The van der Waals surface area contributed by atoms with E-state index in [4.69, 9.17) is 4.74 Å². The van der Waals surface area contributed by atoms with Crippen LogP contribution in [0.5, 0.6) is 0 Å². The summed E-state index contributed by atoms with van der Waals surface area (Å²) < 4.78 is 6.61. The molecule has 0 radical (unpaired) electrons. The first-order chi connectivity index (χ1) is 11.0. The Kier molecular flexibility index (Phi) is 5.36. The van der Waals surface area contributed by atoms with Gasteiger partial charge in [-0.05, 0) is 31.9 Å². The van der Waals surface area contributed by atoms with Crippen LogP contribution in [0.4, 0.5) is 0 Å². The van der Waals surface area contributed by atoms with E-state index in [0.717, 1.165) is 23.3 Å². The van der Waals surface area contributed by atoms with Crippen LogP contribution >= 0.6 is 0 Å². The van der Waals surface area contributed by atoms with Crippen molar-refractivity contribution < 1.29 is 14.3 Å². The zero-order valence-corrected chi connectivity index (χ0v) is 14.1. The van der Waals surface area contributed by atoms with Crippen LogP contribution in [0, 0.1) is 6.92 Å². The molecule has 1 atom stereocenters. The van der Waals surface area contributed by atoms with Gasteiger partial charge in [0.25, 0.3) is 0 Å². The van der Waals surface area contributed by atoms with Gasteiger partial charge in [-0.3, -0.25) is 9.59 Å². The highest BCUT2D eigenvalue weighted by molar-refractivity contribution is 5.83. The molecular weight excluding hydrogens is 294 g/mol. The molecule has 0 bridgehead atoms. The lowest BCUT2D eigenvalue weighted by Gasteiger charge is -2.27. The van der Waals surface area contributed by atoms with E-state index in [-0.39, 0.29) is 24.9 Å². The first kappa shape index (κ1) is 17.0. The van der Waals surface area contributed by atoms with E-state index in [0.29, 0.717) is 0 Å². The molecule has 0 N–H and O–H groups in total. The van der Waals surface area contributed by atoms with E-state index < -0.39 is 5.97 Å². The van der Waals surface area contributed by atoms with Crippen molar-refractivity contribution in [1.29, 1.82) is 0 Å². The molecule has 0 fully saturated rings. The summed E-state index contributed by atoms with van der Waals surface area (Å²) in [5.41, 5.74) is 2.71. The average Bonchev–Trinajstić information content (AvgIpc) is 2.96. The maximum atomic E-state index is 12.7. The number of aryl methyl sites for hydroxylation is 1. The maximum Gasteiger partial charge on any atom is 0.325 e. The number of esters is 1. The van der Waals surface area contributed by atoms with Crippen molar-refractivity contribution in [3.8, 4) is 0 Å². The third kappa shape index (κ3) is 3.70. The lowest BCUT2D eigenvalue weighted by molar-refractivity contribution is -0.148. The molecule has 124 valence electrons. The fraction of sp³-hybridized carbons (Fsp3) is 0.471. The van der Waals surface area contributed by atoms with Crippen molar-refractivity contribution >= 4 is 17.5 Å². The Morgan fingerprint density at radius 1 is 1.43 bits per heavy atom. The number of methoxy groups -OCH3 is 1. The van der Waals surface area contributed by atoms with Crippen molar-refractivity contribution in [2.45, 2.75) is 39.7 Å². The first-order valence-electron chi connectivity index (χ1n) is 7.75. The fourth-order valence-electron chi connectivity index (χ4n) is 2.50. The van der Waals surface area contributed by atoms with Gasteiger partial charge < -0.3 is 14.0 Å². The molecule has 6 heteroatoms. The Hall–Kier alpha value is -2.37. The standard InChI is InChI=1S/C17H23N3O3/c1-5-13(3)20(11-16(22)23-4)15(21)9-14-10-18-17-12(2)7-6-8-19(14)17/h6-8,10,13H,5,9,11H2,1-4H3. The van der Waals surface area contributed by atoms with Crippen LogP contribution in [0.3, 0.4) is 0 Å². The summed E-state index contributed by atoms with van der Waals surface area (Å²) in [6, 6.07) is 3.89. The van der Waals surface area contributed by atoms with Crippen LogP contribution in [-0.4, -0.2) is 45.9 Å². The summed E-state index contributed by atoms with van der Waals surface area (Å²) in [6.07, 6.45) is 4.58. The van der Waals surface area contributed by atoms with Gasteiger partial charge >= 0.3 is 5.97 Å². The lowest BCUT2D eigenvalue weighted by atomic mass is 10.2. The molecule has 2 aromatic rings. The van der Waals surface area contributed by atoms with E-state index in [9.17, 15) is 9.59 Å². The molecule has 23 heavy (non-hydrogen) atoms. The van der Waals surface area contributed by atoms with Crippen LogP contribution < -0.4 is 0 Å². The number of rotatable bonds is 6. The summed E-state index contributed by atoms with van der Waals surface area (Å²) in [7, 11) is 1.33. The minimum Gasteiger partial charge on any atom is -0.468 e. The zero-order valence-electron chi connectivity index (χ0n) is 14.1. The number of hydrogen-bond donors (Lipinski definition) is 0. The maximum absolute atomic E-state index is 12.7. The number of pyridine rings is 1. The quantitative estimate of drug-likeness (QED) is 0.764.